The maximum atomic E-state index is 11.8. The number of aliphatic hydroxyl groups is 1. The fourth-order valence-corrected chi connectivity index (χ4v) is 2.27. The van der Waals surface area contributed by atoms with E-state index in [1.54, 1.807) is 0 Å². The standard InChI is InChI=1S/C17H27NO3/c1-4-6-15(9-10-19)11-18-17(20)12-21-16-8-5-7-13(2)14(16)3/h5,7-8,15,19H,4,6,9-12H2,1-3H3,(H,18,20). The fourth-order valence-electron chi connectivity index (χ4n) is 2.27. The van der Waals surface area contributed by atoms with Crippen molar-refractivity contribution < 1.29 is 14.6 Å². The Morgan fingerprint density at radius 1 is 1.33 bits per heavy atom. The molecule has 21 heavy (non-hydrogen) atoms. The molecule has 0 saturated heterocycles. The van der Waals surface area contributed by atoms with Crippen LogP contribution in [0.4, 0.5) is 0 Å². The third kappa shape index (κ3) is 6.17. The van der Waals surface area contributed by atoms with Crippen LogP contribution in [0.15, 0.2) is 18.2 Å². The van der Waals surface area contributed by atoms with Crippen molar-refractivity contribution >= 4 is 5.91 Å². The Morgan fingerprint density at radius 3 is 2.76 bits per heavy atom. The Labute approximate surface area is 127 Å². The first-order chi connectivity index (χ1) is 10.1. The molecule has 4 nitrogen and oxygen atoms in total. The summed E-state index contributed by atoms with van der Waals surface area (Å²) < 4.78 is 5.57. The number of benzene rings is 1. The molecule has 0 radical (unpaired) electrons. The van der Waals surface area contributed by atoms with Crippen LogP contribution in [0.1, 0.15) is 37.3 Å². The normalized spacial score (nSPS) is 12.0. The van der Waals surface area contributed by atoms with Gasteiger partial charge < -0.3 is 15.2 Å². The van der Waals surface area contributed by atoms with Crippen LogP contribution in [-0.4, -0.2) is 30.8 Å². The van der Waals surface area contributed by atoms with Gasteiger partial charge in [-0.15, -0.1) is 0 Å². The lowest BCUT2D eigenvalue weighted by molar-refractivity contribution is -0.123. The topological polar surface area (TPSA) is 58.6 Å². The van der Waals surface area contributed by atoms with E-state index in [1.807, 2.05) is 32.0 Å². The molecule has 0 saturated carbocycles. The molecule has 2 N–H and O–H groups in total. The van der Waals surface area contributed by atoms with E-state index in [2.05, 4.69) is 12.2 Å². The van der Waals surface area contributed by atoms with Gasteiger partial charge in [0.15, 0.2) is 6.61 Å². The van der Waals surface area contributed by atoms with Gasteiger partial charge in [0.2, 0.25) is 0 Å². The van der Waals surface area contributed by atoms with Crippen LogP contribution >= 0.6 is 0 Å². The van der Waals surface area contributed by atoms with Gasteiger partial charge in [0.05, 0.1) is 0 Å². The maximum Gasteiger partial charge on any atom is 0.257 e. The summed E-state index contributed by atoms with van der Waals surface area (Å²) in [4.78, 5) is 11.8. The molecule has 1 aromatic carbocycles. The minimum absolute atomic E-state index is 0.0300. The Bertz CT molecular complexity index is 440. The second-order valence-corrected chi connectivity index (χ2v) is 5.46. The van der Waals surface area contributed by atoms with Crippen molar-refractivity contribution in [2.75, 3.05) is 19.8 Å². The third-order valence-corrected chi connectivity index (χ3v) is 3.74. The van der Waals surface area contributed by atoms with Crippen molar-refractivity contribution in [1.82, 2.24) is 5.32 Å². The van der Waals surface area contributed by atoms with Crippen LogP contribution in [0.5, 0.6) is 5.75 Å². The molecule has 4 heteroatoms. The molecule has 0 heterocycles. The second kappa shape index (κ2) is 9.40. The molecule has 1 unspecified atom stereocenters. The first-order valence-corrected chi connectivity index (χ1v) is 7.65. The van der Waals surface area contributed by atoms with Gasteiger partial charge in [0.1, 0.15) is 5.75 Å². The monoisotopic (exact) mass is 293 g/mol. The van der Waals surface area contributed by atoms with Crippen molar-refractivity contribution in [2.45, 2.75) is 40.0 Å². The number of hydrogen-bond acceptors (Lipinski definition) is 3. The van der Waals surface area contributed by atoms with Crippen LogP contribution in [0.2, 0.25) is 0 Å². The molecular weight excluding hydrogens is 266 g/mol. The average Bonchev–Trinajstić information content (AvgIpc) is 2.47. The third-order valence-electron chi connectivity index (χ3n) is 3.74. The summed E-state index contributed by atoms with van der Waals surface area (Å²) >= 11 is 0. The maximum absolute atomic E-state index is 11.8. The van der Waals surface area contributed by atoms with Gasteiger partial charge in [-0.2, -0.15) is 0 Å². The number of carbonyl (C=O) groups is 1. The number of amides is 1. The van der Waals surface area contributed by atoms with Crippen LogP contribution in [0.25, 0.3) is 0 Å². The van der Waals surface area contributed by atoms with Gasteiger partial charge in [0.25, 0.3) is 5.91 Å². The summed E-state index contributed by atoms with van der Waals surface area (Å²) in [6.45, 7) is 6.91. The number of aryl methyl sites for hydroxylation is 1. The summed E-state index contributed by atoms with van der Waals surface area (Å²) in [7, 11) is 0. The molecule has 0 spiro atoms. The Hall–Kier alpha value is -1.55. The minimum Gasteiger partial charge on any atom is -0.483 e. The second-order valence-electron chi connectivity index (χ2n) is 5.46. The molecular formula is C17H27NO3. The lowest BCUT2D eigenvalue weighted by Crippen LogP contribution is -2.33. The zero-order valence-electron chi connectivity index (χ0n) is 13.3. The highest BCUT2D eigenvalue weighted by molar-refractivity contribution is 5.77. The number of hydrogen-bond donors (Lipinski definition) is 2. The molecule has 118 valence electrons. The zero-order valence-corrected chi connectivity index (χ0v) is 13.3. The number of nitrogens with one attached hydrogen (secondary N) is 1. The van der Waals surface area contributed by atoms with E-state index >= 15 is 0 Å². The summed E-state index contributed by atoms with van der Waals surface area (Å²) in [6, 6.07) is 5.82. The highest BCUT2D eigenvalue weighted by Crippen LogP contribution is 2.20. The smallest absolute Gasteiger partial charge is 0.257 e. The summed E-state index contributed by atoms with van der Waals surface area (Å²) in [5, 5.41) is 11.9. The highest BCUT2D eigenvalue weighted by Gasteiger charge is 2.10. The molecule has 0 aliphatic heterocycles. The number of aliphatic hydroxyl groups excluding tert-OH is 1. The van der Waals surface area contributed by atoms with Gasteiger partial charge in [-0.05, 0) is 49.8 Å². The molecule has 1 amide bonds. The summed E-state index contributed by atoms with van der Waals surface area (Å²) in [5.74, 6) is 0.977. The largest absolute Gasteiger partial charge is 0.483 e. The van der Waals surface area contributed by atoms with E-state index in [0.717, 1.165) is 36.1 Å². The van der Waals surface area contributed by atoms with Crippen LogP contribution in [-0.2, 0) is 4.79 Å². The van der Waals surface area contributed by atoms with Gasteiger partial charge in [0, 0.05) is 13.2 Å². The Balaban J connectivity index is 2.38. The van der Waals surface area contributed by atoms with Crippen molar-refractivity contribution in [3.63, 3.8) is 0 Å². The number of ether oxygens (including phenoxy) is 1. The van der Waals surface area contributed by atoms with Gasteiger partial charge in [-0.3, -0.25) is 4.79 Å². The molecule has 0 aliphatic rings. The fraction of sp³-hybridized carbons (Fsp3) is 0.588. The SMILES string of the molecule is CCCC(CCO)CNC(=O)COc1cccc(C)c1C. The average molecular weight is 293 g/mol. The van der Waals surface area contributed by atoms with E-state index in [-0.39, 0.29) is 19.1 Å². The summed E-state index contributed by atoms with van der Waals surface area (Å²) in [6.07, 6.45) is 2.80. The molecule has 0 aliphatic carbocycles. The lowest BCUT2D eigenvalue weighted by atomic mass is 10.0. The first-order valence-electron chi connectivity index (χ1n) is 7.65. The lowest BCUT2D eigenvalue weighted by Gasteiger charge is -2.16. The van der Waals surface area contributed by atoms with Crippen LogP contribution in [0.3, 0.4) is 0 Å². The summed E-state index contributed by atoms with van der Waals surface area (Å²) in [5.41, 5.74) is 2.22. The molecule has 1 atom stereocenters. The first kappa shape index (κ1) is 17.5. The van der Waals surface area contributed by atoms with E-state index in [1.165, 1.54) is 0 Å². The predicted molar refractivity (Wildman–Crippen MR) is 84.5 cm³/mol. The molecule has 0 fully saturated rings. The molecule has 0 bridgehead atoms. The van der Waals surface area contributed by atoms with Crippen molar-refractivity contribution in [2.24, 2.45) is 5.92 Å². The number of carbonyl (C=O) groups excluding carboxylic acids is 1. The van der Waals surface area contributed by atoms with E-state index in [0.29, 0.717) is 12.5 Å². The Morgan fingerprint density at radius 2 is 2.10 bits per heavy atom. The molecule has 0 aromatic heterocycles. The van der Waals surface area contributed by atoms with Gasteiger partial charge in [-0.1, -0.05) is 25.5 Å². The van der Waals surface area contributed by atoms with Crippen LogP contribution in [0, 0.1) is 19.8 Å². The predicted octanol–water partition coefficient (Wildman–Crippen LogP) is 2.60. The Kier molecular flexibility index (Phi) is 7.83. The van der Waals surface area contributed by atoms with Crippen molar-refractivity contribution in [3.8, 4) is 5.75 Å². The number of rotatable bonds is 9. The van der Waals surface area contributed by atoms with E-state index in [4.69, 9.17) is 9.84 Å². The zero-order chi connectivity index (χ0) is 15.7. The minimum atomic E-state index is -0.116. The quantitative estimate of drug-likeness (QED) is 0.736. The van der Waals surface area contributed by atoms with Crippen LogP contribution < -0.4 is 10.1 Å². The van der Waals surface area contributed by atoms with Crippen molar-refractivity contribution in [1.29, 1.82) is 0 Å². The van der Waals surface area contributed by atoms with Gasteiger partial charge in [-0.25, -0.2) is 0 Å². The van der Waals surface area contributed by atoms with Gasteiger partial charge >= 0.3 is 0 Å². The van der Waals surface area contributed by atoms with Crippen molar-refractivity contribution in [3.05, 3.63) is 29.3 Å². The molecule has 1 aromatic rings. The van der Waals surface area contributed by atoms with E-state index in [9.17, 15) is 4.79 Å². The highest BCUT2D eigenvalue weighted by atomic mass is 16.5. The molecule has 1 rings (SSSR count). The van der Waals surface area contributed by atoms with E-state index < -0.39 is 0 Å².